The minimum absolute atomic E-state index is 0.101. The van der Waals surface area contributed by atoms with Gasteiger partial charge in [0.25, 0.3) is 0 Å². The maximum atomic E-state index is 12.9. The first-order valence-electron chi connectivity index (χ1n) is 29.7. The van der Waals surface area contributed by atoms with Gasteiger partial charge in [0.15, 0.2) is 6.10 Å². The van der Waals surface area contributed by atoms with E-state index < -0.39 is 6.10 Å². The Balaban J connectivity index is 4.44. The smallest absolute Gasteiger partial charge is 0.306 e. The van der Waals surface area contributed by atoms with Crippen LogP contribution in [0.15, 0.2) is 134 Å². The monoisotopic (exact) mass is 1010 g/mol. The second-order valence-electron chi connectivity index (χ2n) is 19.1. The molecule has 0 aromatic rings. The number of hydrogen-bond donors (Lipinski definition) is 0. The number of esters is 3. The second kappa shape index (κ2) is 60.1. The Kier molecular flexibility index (Phi) is 56.4. The van der Waals surface area contributed by atoms with Crippen LogP contribution in [0.25, 0.3) is 0 Å². The van der Waals surface area contributed by atoms with Gasteiger partial charge in [0.2, 0.25) is 0 Å². The first kappa shape index (κ1) is 68.6. The van der Waals surface area contributed by atoms with E-state index >= 15 is 0 Å². The molecule has 1 unspecified atom stereocenters. The first-order valence-corrected chi connectivity index (χ1v) is 29.7. The van der Waals surface area contributed by atoms with Crippen LogP contribution in [0.2, 0.25) is 0 Å². The van der Waals surface area contributed by atoms with Gasteiger partial charge in [-0.25, -0.2) is 0 Å². The molecular weight excluding hydrogens is 901 g/mol. The molecule has 0 aromatic heterocycles. The summed E-state index contributed by atoms with van der Waals surface area (Å²) in [5, 5.41) is 0. The van der Waals surface area contributed by atoms with Gasteiger partial charge >= 0.3 is 17.9 Å². The molecule has 0 spiro atoms. The highest BCUT2D eigenvalue weighted by Crippen LogP contribution is 2.14. The maximum Gasteiger partial charge on any atom is 0.306 e. The van der Waals surface area contributed by atoms with E-state index in [0.717, 1.165) is 161 Å². The number of ether oxygens (including phenoxy) is 3. The summed E-state index contributed by atoms with van der Waals surface area (Å²) in [4.78, 5) is 38.2. The summed E-state index contributed by atoms with van der Waals surface area (Å²) < 4.78 is 16.8. The molecule has 0 aliphatic carbocycles. The van der Waals surface area contributed by atoms with Crippen LogP contribution >= 0.6 is 0 Å². The summed E-state index contributed by atoms with van der Waals surface area (Å²) in [5.74, 6) is -0.951. The Bertz CT molecular complexity index is 1580. The summed E-state index contributed by atoms with van der Waals surface area (Å²) in [5.41, 5.74) is 0. The molecule has 0 aliphatic heterocycles. The van der Waals surface area contributed by atoms with E-state index in [4.69, 9.17) is 14.2 Å². The third-order valence-electron chi connectivity index (χ3n) is 12.1. The number of hydrogen-bond acceptors (Lipinski definition) is 6. The molecule has 0 radical (unpaired) electrons. The second-order valence-corrected chi connectivity index (χ2v) is 19.1. The molecule has 0 bridgehead atoms. The van der Waals surface area contributed by atoms with Crippen LogP contribution < -0.4 is 0 Å². The van der Waals surface area contributed by atoms with E-state index in [0.29, 0.717) is 19.3 Å². The lowest BCUT2D eigenvalue weighted by Gasteiger charge is -2.18. The van der Waals surface area contributed by atoms with Gasteiger partial charge in [0.1, 0.15) is 13.2 Å². The largest absolute Gasteiger partial charge is 0.462 e. The Hall–Kier alpha value is -4.45. The topological polar surface area (TPSA) is 78.9 Å². The maximum absolute atomic E-state index is 12.9. The molecule has 0 saturated heterocycles. The average molecular weight is 1010 g/mol. The third kappa shape index (κ3) is 58.3. The van der Waals surface area contributed by atoms with Crippen molar-refractivity contribution in [2.24, 2.45) is 0 Å². The Morgan fingerprint density at radius 1 is 0.288 bits per heavy atom. The standard InChI is InChI=1S/C67H108O6/c1-4-7-10-13-16-19-22-25-27-29-30-31-32-33-34-35-36-38-39-42-45-48-51-54-57-60-66(69)72-63-64(62-71-65(68)59-56-53-50-47-44-41-24-21-18-15-12-9-6-3)73-67(70)61-58-55-52-49-46-43-40-37-28-26-23-20-17-14-11-8-5-2/h7-8,10-11,16-17,19-21,24-28,30-31,33-34,36,38,40,43,64H,4-6,9,12-15,18,22-23,29,32,35,37,39,41-42,44-63H2,1-3H3/b10-7-,11-8-,19-16-,20-17-,24-21-,27-25-,28-26-,31-30-,34-33-,38-36-,43-40-. The normalized spacial score (nSPS) is 13.1. The van der Waals surface area contributed by atoms with Crippen molar-refractivity contribution in [3.63, 3.8) is 0 Å². The van der Waals surface area contributed by atoms with Crippen LogP contribution in [0.1, 0.15) is 252 Å². The summed E-state index contributed by atoms with van der Waals surface area (Å²) in [7, 11) is 0. The van der Waals surface area contributed by atoms with Crippen LogP contribution in [-0.2, 0) is 28.6 Å². The predicted octanol–water partition coefficient (Wildman–Crippen LogP) is 20.2. The highest BCUT2D eigenvalue weighted by molar-refractivity contribution is 5.71. The number of rotatable bonds is 52. The summed E-state index contributed by atoms with van der Waals surface area (Å²) >= 11 is 0. The molecule has 0 fully saturated rings. The quantitative estimate of drug-likeness (QED) is 0.0261. The van der Waals surface area contributed by atoms with E-state index in [1.807, 2.05) is 0 Å². The van der Waals surface area contributed by atoms with Gasteiger partial charge in [0.05, 0.1) is 0 Å². The van der Waals surface area contributed by atoms with Crippen LogP contribution in [-0.4, -0.2) is 37.2 Å². The minimum Gasteiger partial charge on any atom is -0.462 e. The average Bonchev–Trinajstić information content (AvgIpc) is 3.39. The van der Waals surface area contributed by atoms with E-state index in [1.165, 1.54) is 51.4 Å². The third-order valence-corrected chi connectivity index (χ3v) is 12.1. The predicted molar refractivity (Wildman–Crippen MR) is 316 cm³/mol. The number of carbonyl (C=O) groups is 3. The summed E-state index contributed by atoms with van der Waals surface area (Å²) in [6, 6.07) is 0. The molecule has 1 atom stereocenters. The van der Waals surface area contributed by atoms with Crippen LogP contribution in [0.4, 0.5) is 0 Å². The zero-order chi connectivity index (χ0) is 52.9. The molecule has 6 nitrogen and oxygen atoms in total. The Morgan fingerprint density at radius 2 is 0.534 bits per heavy atom. The fourth-order valence-electron chi connectivity index (χ4n) is 7.72. The molecule has 0 saturated carbocycles. The molecule has 0 N–H and O–H groups in total. The van der Waals surface area contributed by atoms with Gasteiger partial charge in [-0.1, -0.05) is 231 Å². The summed E-state index contributed by atoms with van der Waals surface area (Å²) in [6.07, 6.45) is 84.4. The molecule has 0 heterocycles. The number of allylic oxidation sites excluding steroid dienone is 22. The fourth-order valence-corrected chi connectivity index (χ4v) is 7.72. The van der Waals surface area contributed by atoms with Crippen molar-refractivity contribution >= 4 is 17.9 Å². The van der Waals surface area contributed by atoms with Gasteiger partial charge in [0, 0.05) is 19.3 Å². The van der Waals surface area contributed by atoms with E-state index in [1.54, 1.807) is 0 Å². The van der Waals surface area contributed by atoms with E-state index in [-0.39, 0.29) is 31.1 Å². The Morgan fingerprint density at radius 3 is 0.849 bits per heavy atom. The van der Waals surface area contributed by atoms with Crippen molar-refractivity contribution in [2.45, 2.75) is 258 Å². The van der Waals surface area contributed by atoms with Crippen LogP contribution in [0, 0.1) is 0 Å². The molecule has 0 amide bonds. The van der Waals surface area contributed by atoms with Crippen LogP contribution in [0.5, 0.6) is 0 Å². The molecular formula is C67H108O6. The van der Waals surface area contributed by atoms with Crippen molar-refractivity contribution in [3.8, 4) is 0 Å². The molecule has 412 valence electrons. The lowest BCUT2D eigenvalue weighted by molar-refractivity contribution is -0.167. The van der Waals surface area contributed by atoms with Gasteiger partial charge in [-0.05, 0) is 135 Å². The SMILES string of the molecule is CC/C=C\C/C=C\C/C=C\C/C=C\C/C=C\C/C=C\CCCCCCCCC(=O)OCC(COC(=O)CCCCCCC/C=C\CCCCCC)OC(=O)CCCCCC/C=C\C/C=C\C/C=C\C/C=C\CC. The van der Waals surface area contributed by atoms with Crippen molar-refractivity contribution in [1.82, 2.24) is 0 Å². The Labute approximate surface area is 449 Å². The van der Waals surface area contributed by atoms with E-state index in [9.17, 15) is 14.4 Å². The molecule has 73 heavy (non-hydrogen) atoms. The van der Waals surface area contributed by atoms with Gasteiger partial charge in [-0.2, -0.15) is 0 Å². The first-order chi connectivity index (χ1) is 36.0. The van der Waals surface area contributed by atoms with Gasteiger partial charge in [-0.3, -0.25) is 14.4 Å². The van der Waals surface area contributed by atoms with Crippen molar-refractivity contribution in [1.29, 1.82) is 0 Å². The van der Waals surface area contributed by atoms with Gasteiger partial charge < -0.3 is 14.2 Å². The van der Waals surface area contributed by atoms with Crippen molar-refractivity contribution in [3.05, 3.63) is 134 Å². The lowest BCUT2D eigenvalue weighted by Crippen LogP contribution is -2.30. The minimum atomic E-state index is -0.806. The van der Waals surface area contributed by atoms with Crippen molar-refractivity contribution < 1.29 is 28.6 Å². The molecule has 0 rings (SSSR count). The summed E-state index contributed by atoms with van der Waals surface area (Å²) in [6.45, 7) is 6.35. The highest BCUT2D eigenvalue weighted by atomic mass is 16.6. The number of carbonyl (C=O) groups excluding carboxylic acids is 3. The molecule has 0 aliphatic rings. The zero-order valence-electron chi connectivity index (χ0n) is 47.1. The van der Waals surface area contributed by atoms with E-state index in [2.05, 4.69) is 154 Å². The zero-order valence-corrected chi connectivity index (χ0v) is 47.1. The van der Waals surface area contributed by atoms with Crippen LogP contribution in [0.3, 0.4) is 0 Å². The molecule has 0 aromatic carbocycles. The fraction of sp³-hybridized carbons (Fsp3) is 0.627. The highest BCUT2D eigenvalue weighted by Gasteiger charge is 2.19. The lowest BCUT2D eigenvalue weighted by atomic mass is 10.1. The van der Waals surface area contributed by atoms with Crippen molar-refractivity contribution in [2.75, 3.05) is 13.2 Å². The molecule has 6 heteroatoms. The van der Waals surface area contributed by atoms with Gasteiger partial charge in [-0.15, -0.1) is 0 Å². The number of unbranched alkanes of at least 4 members (excludes halogenated alkanes) is 19.